The Labute approximate surface area is 118 Å². The van der Waals surface area contributed by atoms with Crippen molar-refractivity contribution in [3.8, 4) is 0 Å². The van der Waals surface area contributed by atoms with Crippen LogP contribution in [0.4, 0.5) is 11.4 Å². The molecule has 0 saturated carbocycles. The van der Waals surface area contributed by atoms with Crippen LogP contribution in [-0.2, 0) is 11.2 Å². The molecule has 1 saturated heterocycles. The number of fused-ring (bicyclic) bond motifs is 1. The van der Waals surface area contributed by atoms with Gasteiger partial charge in [0.2, 0.25) is 5.91 Å². The van der Waals surface area contributed by atoms with Gasteiger partial charge in [0.05, 0.1) is 5.25 Å². The summed E-state index contributed by atoms with van der Waals surface area (Å²) in [6, 6.07) is 4.11. The molecule has 1 amide bonds. The number of hydrogen-bond donors (Lipinski definition) is 1. The third-order valence-corrected chi connectivity index (χ3v) is 5.45. The van der Waals surface area contributed by atoms with E-state index in [9.17, 15) is 4.79 Å². The van der Waals surface area contributed by atoms with Crippen LogP contribution >= 0.6 is 11.8 Å². The predicted octanol–water partition coefficient (Wildman–Crippen LogP) is 2.75. The number of hydrogen-bond acceptors (Lipinski definition) is 3. The molecule has 2 aliphatic heterocycles. The lowest BCUT2D eigenvalue weighted by Crippen LogP contribution is -2.37. The van der Waals surface area contributed by atoms with E-state index >= 15 is 0 Å². The van der Waals surface area contributed by atoms with Crippen molar-refractivity contribution in [3.63, 3.8) is 0 Å². The second-order valence-corrected chi connectivity index (χ2v) is 6.74. The summed E-state index contributed by atoms with van der Waals surface area (Å²) in [7, 11) is 0. The SMILES string of the molecule is Cc1cc2c(cc1N)N(C(=O)C1CCCCS1)CC2. The highest BCUT2D eigenvalue weighted by Gasteiger charge is 2.31. The molecule has 3 nitrogen and oxygen atoms in total. The summed E-state index contributed by atoms with van der Waals surface area (Å²) in [6.45, 7) is 2.84. The van der Waals surface area contributed by atoms with Crippen LogP contribution in [0.3, 0.4) is 0 Å². The molecule has 3 rings (SSSR count). The van der Waals surface area contributed by atoms with Gasteiger partial charge in [-0.3, -0.25) is 4.79 Å². The van der Waals surface area contributed by atoms with E-state index in [4.69, 9.17) is 5.73 Å². The maximum atomic E-state index is 12.6. The van der Waals surface area contributed by atoms with Gasteiger partial charge in [0.25, 0.3) is 0 Å². The Hall–Kier alpha value is -1.16. The minimum absolute atomic E-state index is 0.155. The molecular formula is C15H20N2OS. The van der Waals surface area contributed by atoms with Crippen molar-refractivity contribution in [2.24, 2.45) is 0 Å². The molecule has 4 heteroatoms. The summed E-state index contributed by atoms with van der Waals surface area (Å²) >= 11 is 1.82. The van der Waals surface area contributed by atoms with Crippen molar-refractivity contribution in [2.75, 3.05) is 22.9 Å². The van der Waals surface area contributed by atoms with Crippen molar-refractivity contribution in [2.45, 2.75) is 37.9 Å². The summed E-state index contributed by atoms with van der Waals surface area (Å²) in [5.41, 5.74) is 10.2. The predicted molar refractivity (Wildman–Crippen MR) is 81.7 cm³/mol. The lowest BCUT2D eigenvalue weighted by molar-refractivity contribution is -0.118. The van der Waals surface area contributed by atoms with Gasteiger partial charge >= 0.3 is 0 Å². The summed E-state index contributed by atoms with van der Waals surface area (Å²) < 4.78 is 0. The number of carbonyl (C=O) groups is 1. The molecular weight excluding hydrogens is 256 g/mol. The van der Waals surface area contributed by atoms with Gasteiger partial charge in [0.1, 0.15) is 0 Å². The molecule has 1 unspecified atom stereocenters. The van der Waals surface area contributed by atoms with Gasteiger partial charge in [0, 0.05) is 17.9 Å². The van der Waals surface area contributed by atoms with Crippen LogP contribution in [0.2, 0.25) is 0 Å². The highest BCUT2D eigenvalue weighted by molar-refractivity contribution is 8.00. The molecule has 2 aliphatic rings. The molecule has 0 aromatic heterocycles. The number of nitrogens with zero attached hydrogens (tertiary/aromatic N) is 1. The fraction of sp³-hybridized carbons (Fsp3) is 0.533. The standard InChI is InChI=1S/C15H20N2OS/c1-10-8-11-5-6-17(13(11)9-12(10)16)15(18)14-4-2-3-7-19-14/h8-9,14H,2-7,16H2,1H3. The Balaban J connectivity index is 1.85. The number of anilines is 2. The van der Waals surface area contributed by atoms with Gasteiger partial charge in [-0.2, -0.15) is 0 Å². The number of nitrogens with two attached hydrogens (primary N) is 1. The minimum atomic E-state index is 0.155. The topological polar surface area (TPSA) is 46.3 Å². The molecule has 1 fully saturated rings. The maximum absolute atomic E-state index is 12.6. The van der Waals surface area contributed by atoms with Crippen molar-refractivity contribution < 1.29 is 4.79 Å². The molecule has 1 aromatic carbocycles. The first kappa shape index (κ1) is 12.9. The van der Waals surface area contributed by atoms with Crippen LogP contribution in [0.5, 0.6) is 0 Å². The first-order valence-corrected chi connectivity index (χ1v) is 8.03. The molecule has 19 heavy (non-hydrogen) atoms. The van der Waals surface area contributed by atoms with Crippen molar-refractivity contribution in [3.05, 3.63) is 23.3 Å². The molecule has 0 spiro atoms. The second-order valence-electron chi connectivity index (χ2n) is 5.43. The number of benzene rings is 1. The summed E-state index contributed by atoms with van der Waals surface area (Å²) in [5.74, 6) is 1.40. The van der Waals surface area contributed by atoms with Gasteiger partial charge in [-0.05, 0) is 49.1 Å². The minimum Gasteiger partial charge on any atom is -0.398 e. The first-order chi connectivity index (χ1) is 9.16. The largest absolute Gasteiger partial charge is 0.398 e. The fourth-order valence-corrected chi connectivity index (χ4v) is 4.17. The highest BCUT2D eigenvalue weighted by Crippen LogP contribution is 2.35. The van der Waals surface area contributed by atoms with Crippen LogP contribution < -0.4 is 10.6 Å². The third-order valence-electron chi connectivity index (χ3n) is 4.08. The number of thioether (sulfide) groups is 1. The van der Waals surface area contributed by atoms with E-state index < -0.39 is 0 Å². The zero-order chi connectivity index (χ0) is 13.4. The van der Waals surface area contributed by atoms with Crippen molar-refractivity contribution in [1.82, 2.24) is 0 Å². The fourth-order valence-electron chi connectivity index (χ4n) is 2.91. The van der Waals surface area contributed by atoms with Gasteiger partial charge in [0.15, 0.2) is 0 Å². The molecule has 0 bridgehead atoms. The van der Waals surface area contributed by atoms with Gasteiger partial charge in [-0.1, -0.05) is 12.5 Å². The molecule has 1 atom stereocenters. The maximum Gasteiger partial charge on any atom is 0.240 e. The average molecular weight is 276 g/mol. The van der Waals surface area contributed by atoms with Crippen molar-refractivity contribution in [1.29, 1.82) is 0 Å². The molecule has 0 aliphatic carbocycles. The Morgan fingerprint density at radius 2 is 2.26 bits per heavy atom. The number of rotatable bonds is 1. The summed E-state index contributed by atoms with van der Waals surface area (Å²) in [4.78, 5) is 14.6. The number of nitrogen functional groups attached to an aromatic ring is 1. The summed E-state index contributed by atoms with van der Waals surface area (Å²) in [6.07, 6.45) is 4.41. The zero-order valence-corrected chi connectivity index (χ0v) is 12.1. The quantitative estimate of drug-likeness (QED) is 0.802. The molecule has 2 heterocycles. The molecule has 2 N–H and O–H groups in total. The molecule has 102 valence electrons. The van der Waals surface area contributed by atoms with E-state index in [0.29, 0.717) is 0 Å². The van der Waals surface area contributed by atoms with E-state index in [2.05, 4.69) is 6.07 Å². The summed E-state index contributed by atoms with van der Waals surface area (Å²) in [5, 5.41) is 0.155. The number of amides is 1. The van der Waals surface area contributed by atoms with Crippen LogP contribution in [-0.4, -0.2) is 23.5 Å². The van der Waals surface area contributed by atoms with E-state index in [-0.39, 0.29) is 11.2 Å². The van der Waals surface area contributed by atoms with Crippen LogP contribution in [0.15, 0.2) is 12.1 Å². The van der Waals surface area contributed by atoms with Crippen LogP contribution in [0, 0.1) is 6.92 Å². The van der Waals surface area contributed by atoms with Crippen LogP contribution in [0.1, 0.15) is 30.4 Å². The zero-order valence-electron chi connectivity index (χ0n) is 11.3. The third kappa shape index (κ3) is 2.34. The van der Waals surface area contributed by atoms with Crippen molar-refractivity contribution >= 4 is 29.0 Å². The highest BCUT2D eigenvalue weighted by atomic mass is 32.2. The van der Waals surface area contributed by atoms with E-state index in [1.807, 2.05) is 29.7 Å². The monoisotopic (exact) mass is 276 g/mol. The Morgan fingerprint density at radius 3 is 3.00 bits per heavy atom. The molecule has 0 radical (unpaired) electrons. The smallest absolute Gasteiger partial charge is 0.240 e. The van der Waals surface area contributed by atoms with Gasteiger partial charge in [-0.15, -0.1) is 11.8 Å². The van der Waals surface area contributed by atoms with Gasteiger partial charge < -0.3 is 10.6 Å². The van der Waals surface area contributed by atoms with Crippen LogP contribution in [0.25, 0.3) is 0 Å². The normalized spacial score (nSPS) is 22.4. The Kier molecular flexibility index (Phi) is 3.44. The van der Waals surface area contributed by atoms with E-state index in [0.717, 1.165) is 42.1 Å². The van der Waals surface area contributed by atoms with E-state index in [1.165, 1.54) is 18.4 Å². The van der Waals surface area contributed by atoms with E-state index in [1.54, 1.807) is 0 Å². The second kappa shape index (κ2) is 5.08. The average Bonchev–Trinajstić information content (AvgIpc) is 2.82. The van der Waals surface area contributed by atoms with Gasteiger partial charge in [-0.25, -0.2) is 0 Å². The number of carbonyl (C=O) groups excluding carboxylic acids is 1. The Morgan fingerprint density at radius 1 is 1.42 bits per heavy atom. The lowest BCUT2D eigenvalue weighted by atomic mass is 10.1. The lowest BCUT2D eigenvalue weighted by Gasteiger charge is -2.26. The first-order valence-electron chi connectivity index (χ1n) is 6.99. The Bertz CT molecular complexity index is 509. The molecule has 1 aromatic rings. The number of aryl methyl sites for hydroxylation is 1.